The van der Waals surface area contributed by atoms with Gasteiger partial charge in [0.1, 0.15) is 5.75 Å². The molecule has 1 rings (SSSR count). The Morgan fingerprint density at radius 2 is 2.00 bits per heavy atom. The van der Waals surface area contributed by atoms with Gasteiger partial charge < -0.3 is 15.0 Å². The highest BCUT2D eigenvalue weighted by molar-refractivity contribution is 5.91. The molecule has 1 amide bonds. The van der Waals surface area contributed by atoms with Gasteiger partial charge in [0.2, 0.25) is 5.91 Å². The smallest absolute Gasteiger partial charge is 0.243 e. The molecule has 0 atom stereocenters. The Morgan fingerprint density at radius 1 is 1.32 bits per heavy atom. The topological polar surface area (TPSA) is 41.6 Å². The van der Waals surface area contributed by atoms with Crippen molar-refractivity contribution in [2.45, 2.75) is 6.42 Å². The number of rotatable bonds is 7. The van der Waals surface area contributed by atoms with Crippen molar-refractivity contribution in [3.05, 3.63) is 35.9 Å². The van der Waals surface area contributed by atoms with Crippen LogP contribution in [0.25, 0.3) is 6.08 Å². The Bertz CT molecular complexity index is 411. The summed E-state index contributed by atoms with van der Waals surface area (Å²) in [5.41, 5.74) is 0.976. The first-order chi connectivity index (χ1) is 9.11. The van der Waals surface area contributed by atoms with Gasteiger partial charge in [-0.2, -0.15) is 0 Å². The average Bonchev–Trinajstić information content (AvgIpc) is 2.41. The van der Waals surface area contributed by atoms with Gasteiger partial charge in [-0.1, -0.05) is 12.1 Å². The molecular weight excluding hydrogens is 240 g/mol. The number of benzene rings is 1. The SMILES string of the molecule is COc1ccc(C=CC(=O)NCCCN(C)C)cc1. The van der Waals surface area contributed by atoms with Crippen LogP contribution in [0.15, 0.2) is 30.3 Å². The molecule has 104 valence electrons. The lowest BCUT2D eigenvalue weighted by atomic mass is 10.2. The van der Waals surface area contributed by atoms with Crippen molar-refractivity contribution in [1.82, 2.24) is 10.2 Å². The summed E-state index contributed by atoms with van der Waals surface area (Å²) in [6.07, 6.45) is 4.30. The monoisotopic (exact) mass is 262 g/mol. The van der Waals surface area contributed by atoms with Gasteiger partial charge in [0.25, 0.3) is 0 Å². The molecule has 0 saturated carbocycles. The molecule has 4 heteroatoms. The van der Waals surface area contributed by atoms with Crippen molar-refractivity contribution in [2.75, 3.05) is 34.3 Å². The third-order valence-corrected chi connectivity index (χ3v) is 2.62. The minimum atomic E-state index is -0.0606. The summed E-state index contributed by atoms with van der Waals surface area (Å²) in [6, 6.07) is 7.56. The predicted octanol–water partition coefficient (Wildman–Crippen LogP) is 1.78. The third kappa shape index (κ3) is 6.62. The van der Waals surface area contributed by atoms with Crippen LogP contribution in [0, 0.1) is 0 Å². The molecule has 1 aromatic carbocycles. The highest BCUT2D eigenvalue weighted by Crippen LogP contribution is 2.12. The van der Waals surface area contributed by atoms with E-state index in [2.05, 4.69) is 10.2 Å². The molecule has 4 nitrogen and oxygen atoms in total. The summed E-state index contributed by atoms with van der Waals surface area (Å²) in [7, 11) is 5.67. The lowest BCUT2D eigenvalue weighted by Crippen LogP contribution is -2.25. The third-order valence-electron chi connectivity index (χ3n) is 2.62. The second kappa shape index (κ2) is 8.32. The number of carbonyl (C=O) groups excluding carboxylic acids is 1. The first-order valence-corrected chi connectivity index (χ1v) is 6.36. The van der Waals surface area contributed by atoms with E-state index in [-0.39, 0.29) is 5.91 Å². The summed E-state index contributed by atoms with van der Waals surface area (Å²) in [5, 5.41) is 2.85. The van der Waals surface area contributed by atoms with E-state index < -0.39 is 0 Å². The van der Waals surface area contributed by atoms with Gasteiger partial charge in [-0.25, -0.2) is 0 Å². The first kappa shape index (κ1) is 15.2. The van der Waals surface area contributed by atoms with Crippen molar-refractivity contribution in [2.24, 2.45) is 0 Å². The number of ether oxygens (including phenoxy) is 1. The fourth-order valence-electron chi connectivity index (χ4n) is 1.55. The molecule has 0 aliphatic rings. The number of nitrogens with one attached hydrogen (secondary N) is 1. The first-order valence-electron chi connectivity index (χ1n) is 6.36. The predicted molar refractivity (Wildman–Crippen MR) is 78.2 cm³/mol. The van der Waals surface area contributed by atoms with Gasteiger partial charge in [-0.15, -0.1) is 0 Å². The Labute approximate surface area is 115 Å². The zero-order chi connectivity index (χ0) is 14.1. The van der Waals surface area contributed by atoms with Gasteiger partial charge in [0.15, 0.2) is 0 Å². The summed E-state index contributed by atoms with van der Waals surface area (Å²) in [5.74, 6) is 0.750. The lowest BCUT2D eigenvalue weighted by Gasteiger charge is -2.08. The van der Waals surface area contributed by atoms with E-state index in [1.165, 1.54) is 0 Å². The van der Waals surface area contributed by atoms with Gasteiger partial charge in [-0.05, 0) is 50.8 Å². The molecule has 0 aromatic heterocycles. The van der Waals surface area contributed by atoms with Gasteiger partial charge in [0.05, 0.1) is 7.11 Å². The standard InChI is InChI=1S/C15H22N2O2/c1-17(2)12-4-11-16-15(18)10-7-13-5-8-14(19-3)9-6-13/h5-10H,4,11-12H2,1-3H3,(H,16,18). The minimum absolute atomic E-state index is 0.0606. The van der Waals surface area contributed by atoms with E-state index in [4.69, 9.17) is 4.74 Å². The van der Waals surface area contributed by atoms with Crippen molar-refractivity contribution >= 4 is 12.0 Å². The highest BCUT2D eigenvalue weighted by atomic mass is 16.5. The molecule has 0 radical (unpaired) electrons. The second-order valence-electron chi connectivity index (χ2n) is 4.55. The molecule has 0 heterocycles. The van der Waals surface area contributed by atoms with Gasteiger partial charge in [-0.3, -0.25) is 4.79 Å². The van der Waals surface area contributed by atoms with Crippen molar-refractivity contribution < 1.29 is 9.53 Å². The van der Waals surface area contributed by atoms with Crippen LogP contribution < -0.4 is 10.1 Å². The van der Waals surface area contributed by atoms with E-state index in [1.54, 1.807) is 19.3 Å². The Hall–Kier alpha value is -1.81. The van der Waals surface area contributed by atoms with E-state index in [9.17, 15) is 4.79 Å². The van der Waals surface area contributed by atoms with Crippen LogP contribution in [0.1, 0.15) is 12.0 Å². The van der Waals surface area contributed by atoms with Crippen molar-refractivity contribution in [3.8, 4) is 5.75 Å². The van der Waals surface area contributed by atoms with Crippen molar-refractivity contribution in [3.63, 3.8) is 0 Å². The molecule has 0 bridgehead atoms. The summed E-state index contributed by atoms with van der Waals surface area (Å²) in [6.45, 7) is 1.67. The summed E-state index contributed by atoms with van der Waals surface area (Å²) >= 11 is 0. The molecule has 0 aliphatic heterocycles. The number of hydrogen-bond acceptors (Lipinski definition) is 3. The van der Waals surface area contributed by atoms with Crippen LogP contribution in [-0.2, 0) is 4.79 Å². The van der Waals surface area contributed by atoms with Crippen LogP contribution in [0.5, 0.6) is 5.75 Å². The number of methoxy groups -OCH3 is 1. The van der Waals surface area contributed by atoms with Crippen LogP contribution in [0.3, 0.4) is 0 Å². The maximum atomic E-state index is 11.5. The van der Waals surface area contributed by atoms with E-state index in [0.717, 1.165) is 24.3 Å². The minimum Gasteiger partial charge on any atom is -0.497 e. The Kier molecular flexibility index (Phi) is 6.68. The molecule has 1 N–H and O–H groups in total. The Morgan fingerprint density at radius 3 is 2.58 bits per heavy atom. The van der Waals surface area contributed by atoms with Crippen LogP contribution >= 0.6 is 0 Å². The van der Waals surface area contributed by atoms with E-state index in [0.29, 0.717) is 6.54 Å². The Balaban J connectivity index is 2.32. The second-order valence-corrected chi connectivity index (χ2v) is 4.55. The fourth-order valence-corrected chi connectivity index (χ4v) is 1.55. The molecule has 0 spiro atoms. The van der Waals surface area contributed by atoms with Gasteiger partial charge >= 0.3 is 0 Å². The quantitative estimate of drug-likeness (QED) is 0.601. The highest BCUT2D eigenvalue weighted by Gasteiger charge is 1.96. The van der Waals surface area contributed by atoms with Crippen LogP contribution in [0.2, 0.25) is 0 Å². The number of amides is 1. The van der Waals surface area contributed by atoms with Gasteiger partial charge in [0, 0.05) is 12.6 Å². The largest absolute Gasteiger partial charge is 0.497 e. The molecule has 19 heavy (non-hydrogen) atoms. The molecule has 0 aliphatic carbocycles. The molecule has 1 aromatic rings. The zero-order valence-electron chi connectivity index (χ0n) is 11.8. The van der Waals surface area contributed by atoms with E-state index >= 15 is 0 Å². The lowest BCUT2D eigenvalue weighted by molar-refractivity contribution is -0.116. The molecular formula is C15H22N2O2. The maximum absolute atomic E-state index is 11.5. The van der Waals surface area contributed by atoms with Crippen molar-refractivity contribution in [1.29, 1.82) is 0 Å². The van der Waals surface area contributed by atoms with E-state index in [1.807, 2.05) is 38.4 Å². The number of nitrogens with zero attached hydrogens (tertiary/aromatic N) is 1. The molecule has 0 fully saturated rings. The fraction of sp³-hybridized carbons (Fsp3) is 0.400. The number of hydrogen-bond donors (Lipinski definition) is 1. The maximum Gasteiger partial charge on any atom is 0.243 e. The molecule has 0 saturated heterocycles. The van der Waals surface area contributed by atoms with Crippen LogP contribution in [-0.4, -0.2) is 45.1 Å². The summed E-state index contributed by atoms with van der Waals surface area (Å²) in [4.78, 5) is 13.6. The normalized spacial score (nSPS) is 10.9. The summed E-state index contributed by atoms with van der Waals surface area (Å²) < 4.78 is 5.07. The average molecular weight is 262 g/mol. The van der Waals surface area contributed by atoms with Crippen LogP contribution in [0.4, 0.5) is 0 Å². The molecule has 0 unspecified atom stereocenters. The zero-order valence-corrected chi connectivity index (χ0v) is 11.8. The number of carbonyl (C=O) groups is 1.